The molecule has 8 heteroatoms. The number of aromatic nitrogens is 2. The molecular formula is C19H19FN4O3. The molecule has 2 aliphatic rings. The Hall–Kier alpha value is -2.87. The number of rotatable bonds is 4. The summed E-state index contributed by atoms with van der Waals surface area (Å²) in [5, 5.41) is 2.75. The van der Waals surface area contributed by atoms with Crippen molar-refractivity contribution < 1.29 is 18.7 Å². The van der Waals surface area contributed by atoms with E-state index >= 15 is 0 Å². The maximum atomic E-state index is 13.3. The molecule has 7 nitrogen and oxygen atoms in total. The van der Waals surface area contributed by atoms with Crippen molar-refractivity contribution in [3.8, 4) is 0 Å². The minimum absolute atomic E-state index is 0.0573. The van der Waals surface area contributed by atoms with Gasteiger partial charge in [0.1, 0.15) is 5.82 Å². The number of ether oxygens (including phenoxy) is 1. The van der Waals surface area contributed by atoms with E-state index in [0.717, 1.165) is 0 Å². The van der Waals surface area contributed by atoms with Gasteiger partial charge in [0.05, 0.1) is 31.2 Å². The smallest absolute Gasteiger partial charge is 0.231 e. The summed E-state index contributed by atoms with van der Waals surface area (Å²) in [5.41, 5.74) is 0.634. The van der Waals surface area contributed by atoms with Crippen LogP contribution in [-0.4, -0.2) is 52.5 Å². The molecule has 0 spiro atoms. The first-order valence-electron chi connectivity index (χ1n) is 8.81. The Kier molecular flexibility index (Phi) is 4.81. The highest BCUT2D eigenvalue weighted by atomic mass is 19.1. The number of amides is 2. The Balaban J connectivity index is 1.37. The summed E-state index contributed by atoms with van der Waals surface area (Å²) in [6, 6.07) is 6.03. The Morgan fingerprint density at radius 2 is 2.19 bits per heavy atom. The second-order valence-electron chi connectivity index (χ2n) is 6.83. The van der Waals surface area contributed by atoms with Crippen molar-refractivity contribution >= 4 is 17.6 Å². The summed E-state index contributed by atoms with van der Waals surface area (Å²) in [4.78, 5) is 34.8. The molecule has 27 heavy (non-hydrogen) atoms. The van der Waals surface area contributed by atoms with Crippen molar-refractivity contribution in [2.75, 3.05) is 25.0 Å². The predicted molar refractivity (Wildman–Crippen MR) is 94.1 cm³/mol. The van der Waals surface area contributed by atoms with Crippen LogP contribution < -0.4 is 5.32 Å². The van der Waals surface area contributed by atoms with Gasteiger partial charge in [0.25, 0.3) is 0 Å². The molecule has 3 atom stereocenters. The lowest BCUT2D eigenvalue weighted by Crippen LogP contribution is -2.35. The molecule has 0 bridgehead atoms. The maximum absolute atomic E-state index is 13.3. The lowest BCUT2D eigenvalue weighted by Gasteiger charge is -2.19. The lowest BCUT2D eigenvalue weighted by atomic mass is 9.92. The Morgan fingerprint density at radius 1 is 1.30 bits per heavy atom. The number of nitrogens with zero attached hydrogens (tertiary/aromatic N) is 3. The second-order valence-corrected chi connectivity index (χ2v) is 6.83. The summed E-state index contributed by atoms with van der Waals surface area (Å²) >= 11 is 0. The molecule has 2 fully saturated rings. The summed E-state index contributed by atoms with van der Waals surface area (Å²) in [5.74, 6) is -0.637. The van der Waals surface area contributed by atoms with Crippen molar-refractivity contribution in [1.82, 2.24) is 14.9 Å². The number of halogens is 1. The summed E-state index contributed by atoms with van der Waals surface area (Å²) in [7, 11) is 0. The van der Waals surface area contributed by atoms with Gasteiger partial charge in [-0.05, 0) is 17.7 Å². The molecule has 140 valence electrons. The third kappa shape index (κ3) is 3.80. The fourth-order valence-electron chi connectivity index (χ4n) is 3.70. The number of anilines is 1. The van der Waals surface area contributed by atoms with Gasteiger partial charge in [-0.25, -0.2) is 9.37 Å². The fourth-order valence-corrected chi connectivity index (χ4v) is 3.70. The summed E-state index contributed by atoms with van der Waals surface area (Å²) < 4.78 is 19.1. The average Bonchev–Trinajstić information content (AvgIpc) is 3.23. The van der Waals surface area contributed by atoms with Crippen molar-refractivity contribution in [2.45, 2.75) is 12.5 Å². The van der Waals surface area contributed by atoms with Gasteiger partial charge in [-0.1, -0.05) is 12.1 Å². The first-order chi connectivity index (χ1) is 13.1. The van der Waals surface area contributed by atoms with Crippen LogP contribution in [0.5, 0.6) is 0 Å². The zero-order chi connectivity index (χ0) is 18.8. The second kappa shape index (κ2) is 7.40. The monoisotopic (exact) mass is 370 g/mol. The minimum atomic E-state index is -0.359. The average molecular weight is 370 g/mol. The summed E-state index contributed by atoms with van der Waals surface area (Å²) in [6.07, 6.45) is 4.50. The Morgan fingerprint density at radius 3 is 2.96 bits per heavy atom. The van der Waals surface area contributed by atoms with Gasteiger partial charge in [0, 0.05) is 31.4 Å². The number of carbonyl (C=O) groups excluding carboxylic acids is 2. The van der Waals surface area contributed by atoms with E-state index in [1.165, 1.54) is 30.7 Å². The molecule has 2 aliphatic heterocycles. The normalized spacial score (nSPS) is 23.9. The molecular weight excluding hydrogens is 351 g/mol. The molecule has 4 rings (SSSR count). The van der Waals surface area contributed by atoms with E-state index in [2.05, 4.69) is 15.3 Å². The molecule has 2 amide bonds. The largest absolute Gasteiger partial charge is 0.375 e. The molecule has 1 aromatic heterocycles. The Bertz CT molecular complexity index is 848. The molecule has 0 saturated carbocycles. The van der Waals surface area contributed by atoms with Crippen LogP contribution in [0.2, 0.25) is 0 Å². The lowest BCUT2D eigenvalue weighted by molar-refractivity contribution is -0.131. The van der Waals surface area contributed by atoms with E-state index in [0.29, 0.717) is 31.1 Å². The van der Waals surface area contributed by atoms with Crippen molar-refractivity contribution in [1.29, 1.82) is 0 Å². The van der Waals surface area contributed by atoms with E-state index in [1.807, 2.05) is 0 Å². The summed E-state index contributed by atoms with van der Waals surface area (Å²) in [6.45, 7) is 1.23. The quantitative estimate of drug-likeness (QED) is 0.876. The SMILES string of the molecule is O=C(Nc1cnccn1)[C@@H]1CO[C@H]2CN(C(=O)Cc3cccc(F)c3)C[C@H]21. The van der Waals surface area contributed by atoms with Crippen LogP contribution in [0.3, 0.4) is 0 Å². The number of hydrogen-bond donors (Lipinski definition) is 1. The van der Waals surface area contributed by atoms with Gasteiger partial charge < -0.3 is 15.0 Å². The number of fused-ring (bicyclic) bond motifs is 1. The van der Waals surface area contributed by atoms with Crippen molar-refractivity contribution in [3.63, 3.8) is 0 Å². The third-order valence-corrected chi connectivity index (χ3v) is 5.06. The highest BCUT2D eigenvalue weighted by molar-refractivity contribution is 5.92. The molecule has 1 N–H and O–H groups in total. The molecule has 0 unspecified atom stereocenters. The van der Waals surface area contributed by atoms with Crippen LogP contribution in [0.1, 0.15) is 5.56 Å². The van der Waals surface area contributed by atoms with Crippen LogP contribution in [-0.2, 0) is 20.7 Å². The predicted octanol–water partition coefficient (Wildman–Crippen LogP) is 1.27. The highest BCUT2D eigenvalue weighted by Crippen LogP contribution is 2.34. The van der Waals surface area contributed by atoms with Crippen molar-refractivity contribution in [3.05, 3.63) is 54.2 Å². The molecule has 0 aliphatic carbocycles. The molecule has 2 saturated heterocycles. The van der Waals surface area contributed by atoms with Gasteiger partial charge >= 0.3 is 0 Å². The standard InChI is InChI=1S/C19H19FN4O3/c20-13-3-1-2-12(6-13)7-18(25)24-9-14-15(11-27-16(14)10-24)19(26)23-17-8-21-4-5-22-17/h1-6,8,14-16H,7,9-11H2,(H,22,23,26)/t14-,15+,16-/m0/s1. The van der Waals surface area contributed by atoms with Crippen molar-refractivity contribution in [2.24, 2.45) is 11.8 Å². The number of likely N-dealkylation sites (tertiary alicyclic amines) is 1. The van der Waals surface area contributed by atoms with Crippen LogP contribution >= 0.6 is 0 Å². The first-order valence-corrected chi connectivity index (χ1v) is 8.81. The minimum Gasteiger partial charge on any atom is -0.375 e. The van der Waals surface area contributed by atoms with E-state index in [1.54, 1.807) is 17.0 Å². The number of carbonyl (C=O) groups is 2. The molecule has 1 aromatic carbocycles. The fraction of sp³-hybridized carbons (Fsp3) is 0.368. The highest BCUT2D eigenvalue weighted by Gasteiger charge is 2.47. The number of nitrogens with one attached hydrogen (secondary N) is 1. The van der Waals surface area contributed by atoms with Gasteiger partial charge in [-0.3, -0.25) is 14.6 Å². The van der Waals surface area contributed by atoms with Gasteiger partial charge in [0.15, 0.2) is 5.82 Å². The van der Waals surface area contributed by atoms with E-state index in [9.17, 15) is 14.0 Å². The topological polar surface area (TPSA) is 84.4 Å². The van der Waals surface area contributed by atoms with Crippen LogP contribution in [0.25, 0.3) is 0 Å². The van der Waals surface area contributed by atoms with E-state index in [-0.39, 0.29) is 42.0 Å². The van der Waals surface area contributed by atoms with E-state index in [4.69, 9.17) is 4.74 Å². The zero-order valence-corrected chi connectivity index (χ0v) is 14.5. The van der Waals surface area contributed by atoms with Crippen LogP contribution in [0.4, 0.5) is 10.2 Å². The molecule has 0 radical (unpaired) electrons. The first kappa shape index (κ1) is 17.5. The Labute approximate surface area is 155 Å². The zero-order valence-electron chi connectivity index (χ0n) is 14.5. The van der Waals surface area contributed by atoms with Gasteiger partial charge in [0.2, 0.25) is 11.8 Å². The van der Waals surface area contributed by atoms with Gasteiger partial charge in [-0.2, -0.15) is 0 Å². The van der Waals surface area contributed by atoms with Crippen LogP contribution in [0, 0.1) is 17.7 Å². The number of hydrogen-bond acceptors (Lipinski definition) is 5. The van der Waals surface area contributed by atoms with E-state index < -0.39 is 0 Å². The third-order valence-electron chi connectivity index (χ3n) is 5.06. The number of benzene rings is 1. The maximum Gasteiger partial charge on any atom is 0.231 e. The molecule has 3 heterocycles. The van der Waals surface area contributed by atoms with Gasteiger partial charge in [-0.15, -0.1) is 0 Å². The van der Waals surface area contributed by atoms with Crippen LogP contribution in [0.15, 0.2) is 42.9 Å². The molecule has 2 aromatic rings.